The minimum atomic E-state index is -0.401. The Morgan fingerprint density at radius 3 is 2.16 bits per heavy atom. The Hall–Kier alpha value is -3.49. The zero-order valence-electron chi connectivity index (χ0n) is 18.5. The topological polar surface area (TPSA) is 93.2 Å². The molecule has 3 N–H and O–H groups in total. The van der Waals surface area contributed by atoms with Gasteiger partial charge in [-0.05, 0) is 42.3 Å². The normalized spacial score (nSPS) is 11.0. The Labute approximate surface area is 181 Å². The number of carbonyl (C=O) groups is 1. The van der Waals surface area contributed by atoms with Gasteiger partial charge in [0.15, 0.2) is 17.5 Å². The molecule has 168 valence electrons. The monoisotopic (exact) mass is 432 g/mol. The third-order valence-electron chi connectivity index (χ3n) is 4.55. The Balaban J connectivity index is 1.85. The highest BCUT2D eigenvalue weighted by atomic mass is 19.1. The quantitative estimate of drug-likeness (QED) is 0.320. The van der Waals surface area contributed by atoms with Gasteiger partial charge in [-0.1, -0.05) is 6.07 Å². The molecule has 0 heterocycles. The number of aliphatic imine (C=N–C) groups is 1. The summed E-state index contributed by atoms with van der Waals surface area (Å²) in [7, 11) is 6.33. The van der Waals surface area contributed by atoms with E-state index in [0.29, 0.717) is 48.4 Å². The predicted octanol–water partition coefficient (Wildman–Crippen LogP) is 2.25. The van der Waals surface area contributed by atoms with Gasteiger partial charge in [-0.25, -0.2) is 4.39 Å². The lowest BCUT2D eigenvalue weighted by atomic mass is 10.1. The molecule has 0 bridgehead atoms. The molecule has 0 spiro atoms. The van der Waals surface area contributed by atoms with Crippen LogP contribution in [-0.4, -0.2) is 53.3 Å². The van der Waals surface area contributed by atoms with Crippen molar-refractivity contribution in [3.8, 4) is 17.2 Å². The summed E-state index contributed by atoms with van der Waals surface area (Å²) in [5.74, 6) is 1.49. The van der Waals surface area contributed by atoms with Crippen molar-refractivity contribution >= 4 is 11.9 Å². The van der Waals surface area contributed by atoms with Crippen LogP contribution >= 0.6 is 0 Å². The van der Waals surface area contributed by atoms with Gasteiger partial charge in [0.25, 0.3) is 5.91 Å². The Bertz CT molecular complexity index is 909. The second-order valence-electron chi connectivity index (χ2n) is 6.61. The number of nitrogens with one attached hydrogen (secondary N) is 3. The second-order valence-corrected chi connectivity index (χ2v) is 6.61. The van der Waals surface area contributed by atoms with Crippen LogP contribution in [0.15, 0.2) is 35.3 Å². The van der Waals surface area contributed by atoms with Crippen LogP contribution in [0, 0.1) is 12.7 Å². The zero-order valence-corrected chi connectivity index (χ0v) is 18.5. The standard InChI is InChI=1S/C22H29FN4O4/c1-14-6-7-16(12-17(14)23)21(28)25-8-9-26-22(24-2)27-13-15-10-18(29-3)20(31-5)19(11-15)30-4/h6-7,10-12H,8-9,13H2,1-5H3,(H,25,28)(H2,24,26,27). The molecule has 0 aliphatic heterocycles. The van der Waals surface area contributed by atoms with Crippen molar-refractivity contribution in [2.45, 2.75) is 13.5 Å². The molecule has 0 fully saturated rings. The SMILES string of the molecule is CN=C(NCCNC(=O)c1ccc(C)c(F)c1)NCc1cc(OC)c(OC)c(OC)c1. The number of nitrogens with zero attached hydrogens (tertiary/aromatic N) is 1. The molecule has 1 amide bonds. The van der Waals surface area contributed by atoms with Gasteiger partial charge in [-0.3, -0.25) is 9.79 Å². The molecule has 0 saturated heterocycles. The van der Waals surface area contributed by atoms with Gasteiger partial charge in [-0.15, -0.1) is 0 Å². The molecule has 0 aliphatic rings. The summed E-state index contributed by atoms with van der Waals surface area (Å²) in [5, 5.41) is 9.04. The minimum Gasteiger partial charge on any atom is -0.493 e. The lowest BCUT2D eigenvalue weighted by molar-refractivity contribution is 0.0954. The summed E-state index contributed by atoms with van der Waals surface area (Å²) in [4.78, 5) is 16.3. The maximum Gasteiger partial charge on any atom is 0.251 e. The third-order valence-corrected chi connectivity index (χ3v) is 4.55. The number of methoxy groups -OCH3 is 3. The summed E-state index contributed by atoms with van der Waals surface area (Å²) < 4.78 is 29.7. The molecule has 0 unspecified atom stereocenters. The molecule has 0 radical (unpaired) electrons. The van der Waals surface area contributed by atoms with Crippen molar-refractivity contribution in [2.75, 3.05) is 41.5 Å². The molecule has 2 aromatic rings. The molecule has 2 aromatic carbocycles. The first-order valence-corrected chi connectivity index (χ1v) is 9.71. The van der Waals surface area contributed by atoms with Crippen molar-refractivity contribution in [1.29, 1.82) is 0 Å². The molecule has 31 heavy (non-hydrogen) atoms. The summed E-state index contributed by atoms with van der Waals surface area (Å²) in [6.45, 7) is 2.90. The van der Waals surface area contributed by atoms with Crippen LogP contribution in [0.25, 0.3) is 0 Å². The van der Waals surface area contributed by atoms with Crippen LogP contribution in [0.3, 0.4) is 0 Å². The zero-order chi connectivity index (χ0) is 22.8. The highest BCUT2D eigenvalue weighted by Crippen LogP contribution is 2.38. The number of hydrogen-bond acceptors (Lipinski definition) is 5. The van der Waals surface area contributed by atoms with Crippen LogP contribution in [-0.2, 0) is 6.54 Å². The second kappa shape index (κ2) is 11.6. The molecule has 0 aliphatic carbocycles. The van der Waals surface area contributed by atoms with E-state index in [4.69, 9.17) is 14.2 Å². The number of carbonyl (C=O) groups excluding carboxylic acids is 1. The van der Waals surface area contributed by atoms with Crippen LogP contribution in [0.1, 0.15) is 21.5 Å². The predicted molar refractivity (Wildman–Crippen MR) is 118 cm³/mol. The van der Waals surface area contributed by atoms with Gasteiger partial charge in [0.1, 0.15) is 5.82 Å². The number of benzene rings is 2. The summed E-state index contributed by atoms with van der Waals surface area (Å²) in [5.41, 5.74) is 1.69. The first kappa shape index (κ1) is 23.8. The summed E-state index contributed by atoms with van der Waals surface area (Å²) in [6, 6.07) is 8.11. The Morgan fingerprint density at radius 1 is 0.968 bits per heavy atom. The average molecular weight is 432 g/mol. The first-order chi connectivity index (χ1) is 14.9. The van der Waals surface area contributed by atoms with Crippen molar-refractivity contribution in [3.63, 3.8) is 0 Å². The van der Waals surface area contributed by atoms with Crippen molar-refractivity contribution < 1.29 is 23.4 Å². The molecule has 0 saturated carbocycles. The highest BCUT2D eigenvalue weighted by molar-refractivity contribution is 5.94. The van der Waals surface area contributed by atoms with E-state index in [0.717, 1.165) is 5.56 Å². The molecule has 8 nitrogen and oxygen atoms in total. The number of guanidine groups is 1. The first-order valence-electron chi connectivity index (χ1n) is 9.71. The molecule has 9 heteroatoms. The third kappa shape index (κ3) is 6.50. The van der Waals surface area contributed by atoms with Gasteiger partial charge in [-0.2, -0.15) is 0 Å². The fourth-order valence-corrected chi connectivity index (χ4v) is 2.84. The number of ether oxygens (including phenoxy) is 3. The molecular weight excluding hydrogens is 403 g/mol. The van der Waals surface area contributed by atoms with E-state index < -0.39 is 5.82 Å². The van der Waals surface area contributed by atoms with Crippen molar-refractivity contribution in [3.05, 3.63) is 52.8 Å². The highest BCUT2D eigenvalue weighted by Gasteiger charge is 2.13. The van der Waals surface area contributed by atoms with Gasteiger partial charge in [0, 0.05) is 32.2 Å². The molecular formula is C22H29FN4O4. The Morgan fingerprint density at radius 2 is 1.61 bits per heavy atom. The van der Waals surface area contributed by atoms with Crippen LogP contribution in [0.2, 0.25) is 0 Å². The molecule has 0 atom stereocenters. The largest absolute Gasteiger partial charge is 0.493 e. The molecule has 2 rings (SSSR count). The van der Waals surface area contributed by atoms with Crippen LogP contribution < -0.4 is 30.2 Å². The lowest BCUT2D eigenvalue weighted by Crippen LogP contribution is -2.41. The minimum absolute atomic E-state index is 0.285. The lowest BCUT2D eigenvalue weighted by Gasteiger charge is -2.16. The van der Waals surface area contributed by atoms with Gasteiger partial charge in [0.05, 0.1) is 21.3 Å². The van der Waals surface area contributed by atoms with E-state index >= 15 is 0 Å². The fourth-order valence-electron chi connectivity index (χ4n) is 2.84. The fraction of sp³-hybridized carbons (Fsp3) is 0.364. The smallest absolute Gasteiger partial charge is 0.251 e. The van der Waals surface area contributed by atoms with E-state index in [-0.39, 0.29) is 11.5 Å². The summed E-state index contributed by atoms with van der Waals surface area (Å²) >= 11 is 0. The maximum absolute atomic E-state index is 13.6. The number of amides is 1. The number of hydrogen-bond donors (Lipinski definition) is 3. The maximum atomic E-state index is 13.6. The number of halogens is 1. The summed E-state index contributed by atoms with van der Waals surface area (Å²) in [6.07, 6.45) is 0. The van der Waals surface area contributed by atoms with E-state index in [1.54, 1.807) is 47.4 Å². The van der Waals surface area contributed by atoms with Crippen molar-refractivity contribution in [1.82, 2.24) is 16.0 Å². The average Bonchev–Trinajstić information content (AvgIpc) is 2.79. The van der Waals surface area contributed by atoms with E-state index in [9.17, 15) is 9.18 Å². The van der Waals surface area contributed by atoms with Gasteiger partial charge >= 0.3 is 0 Å². The van der Waals surface area contributed by atoms with Crippen molar-refractivity contribution in [2.24, 2.45) is 4.99 Å². The Kier molecular flexibility index (Phi) is 8.93. The number of rotatable bonds is 9. The van der Waals surface area contributed by atoms with Gasteiger partial charge < -0.3 is 30.2 Å². The number of aryl methyl sites for hydroxylation is 1. The van der Waals surface area contributed by atoms with Gasteiger partial charge in [0.2, 0.25) is 5.75 Å². The van der Waals surface area contributed by atoms with E-state index in [2.05, 4.69) is 20.9 Å². The van der Waals surface area contributed by atoms with E-state index in [1.807, 2.05) is 12.1 Å². The van der Waals surface area contributed by atoms with Crippen LogP contribution in [0.4, 0.5) is 4.39 Å². The van der Waals surface area contributed by atoms with Crippen LogP contribution in [0.5, 0.6) is 17.2 Å². The molecule has 0 aromatic heterocycles. The van der Waals surface area contributed by atoms with E-state index in [1.165, 1.54) is 6.07 Å².